The summed E-state index contributed by atoms with van der Waals surface area (Å²) in [4.78, 5) is 31.1. The van der Waals surface area contributed by atoms with Gasteiger partial charge in [-0.05, 0) is 43.0 Å². The third-order valence-corrected chi connectivity index (χ3v) is 5.56. The summed E-state index contributed by atoms with van der Waals surface area (Å²) >= 11 is 0. The molecule has 148 valence electrons. The Hall–Kier alpha value is -2.11. The van der Waals surface area contributed by atoms with Gasteiger partial charge in [0, 0.05) is 57.3 Å². The molecule has 0 N–H and O–H groups in total. The van der Waals surface area contributed by atoms with E-state index in [0.717, 1.165) is 31.6 Å². The van der Waals surface area contributed by atoms with E-state index in [1.165, 1.54) is 12.1 Å². The predicted octanol–water partition coefficient (Wildman–Crippen LogP) is 2.76. The Morgan fingerprint density at radius 2 is 1.56 bits per heavy atom. The van der Waals surface area contributed by atoms with Crippen LogP contribution < -0.4 is 4.90 Å². The minimum Gasteiger partial charge on any atom is -0.368 e. The molecule has 5 nitrogen and oxygen atoms in total. The van der Waals surface area contributed by atoms with Crippen molar-refractivity contribution < 1.29 is 14.0 Å². The van der Waals surface area contributed by atoms with Crippen LogP contribution in [-0.4, -0.2) is 60.9 Å². The average Bonchev–Trinajstić information content (AvgIpc) is 2.68. The van der Waals surface area contributed by atoms with E-state index < -0.39 is 0 Å². The van der Waals surface area contributed by atoms with E-state index >= 15 is 0 Å². The number of benzene rings is 1. The molecule has 6 heteroatoms. The molecule has 2 heterocycles. The molecule has 0 aromatic heterocycles. The van der Waals surface area contributed by atoms with Gasteiger partial charge in [-0.15, -0.1) is 0 Å². The molecule has 2 aliphatic heterocycles. The van der Waals surface area contributed by atoms with Crippen molar-refractivity contribution in [1.82, 2.24) is 9.80 Å². The lowest BCUT2D eigenvalue weighted by molar-refractivity contribution is -0.141. The molecule has 2 fully saturated rings. The molecule has 0 radical (unpaired) electrons. The molecule has 0 saturated carbocycles. The molecule has 1 aromatic carbocycles. The molecule has 0 aliphatic carbocycles. The van der Waals surface area contributed by atoms with Crippen molar-refractivity contribution in [3.05, 3.63) is 30.1 Å². The molecule has 0 bridgehead atoms. The Kier molecular flexibility index (Phi) is 6.34. The van der Waals surface area contributed by atoms with Crippen LogP contribution >= 0.6 is 0 Å². The number of carbonyl (C=O) groups is 2. The van der Waals surface area contributed by atoms with Crippen LogP contribution in [-0.2, 0) is 9.59 Å². The van der Waals surface area contributed by atoms with Crippen molar-refractivity contribution in [2.24, 2.45) is 11.8 Å². The number of amides is 2. The largest absolute Gasteiger partial charge is 0.368 e. The first kappa shape index (κ1) is 19.6. The van der Waals surface area contributed by atoms with E-state index in [2.05, 4.69) is 18.7 Å². The van der Waals surface area contributed by atoms with Crippen molar-refractivity contribution in [1.29, 1.82) is 0 Å². The predicted molar refractivity (Wildman–Crippen MR) is 104 cm³/mol. The molecule has 2 aliphatic rings. The zero-order valence-electron chi connectivity index (χ0n) is 16.4. The van der Waals surface area contributed by atoms with Crippen LogP contribution in [0.3, 0.4) is 0 Å². The highest BCUT2D eigenvalue weighted by molar-refractivity contribution is 5.80. The fourth-order valence-electron chi connectivity index (χ4n) is 3.95. The van der Waals surface area contributed by atoms with E-state index in [4.69, 9.17) is 0 Å². The van der Waals surface area contributed by atoms with Gasteiger partial charge in [0.1, 0.15) is 5.82 Å². The van der Waals surface area contributed by atoms with Crippen molar-refractivity contribution in [3.63, 3.8) is 0 Å². The van der Waals surface area contributed by atoms with Crippen molar-refractivity contribution >= 4 is 17.5 Å². The summed E-state index contributed by atoms with van der Waals surface area (Å²) in [5.74, 6) is 0.610. The number of hydrogen-bond acceptors (Lipinski definition) is 3. The molecule has 2 saturated heterocycles. The lowest BCUT2D eigenvalue weighted by atomic mass is 9.94. The highest BCUT2D eigenvalue weighted by atomic mass is 19.1. The minimum absolute atomic E-state index is 0.0328. The Labute approximate surface area is 161 Å². The quantitative estimate of drug-likeness (QED) is 0.813. The molecular formula is C21H30FN3O2. The Bertz CT molecular complexity index is 646. The molecular weight excluding hydrogens is 345 g/mol. The van der Waals surface area contributed by atoms with Gasteiger partial charge in [0.25, 0.3) is 0 Å². The summed E-state index contributed by atoms with van der Waals surface area (Å²) in [6.45, 7) is 8.42. The summed E-state index contributed by atoms with van der Waals surface area (Å²) < 4.78 is 13.1. The second-order valence-corrected chi connectivity index (χ2v) is 8.04. The second-order valence-electron chi connectivity index (χ2n) is 8.04. The molecule has 0 atom stereocenters. The SMILES string of the molecule is CC(C)CC(=O)N1CCC(C(=O)N2CCN(c3ccc(F)cc3)CC2)CC1. The first-order valence-electron chi connectivity index (χ1n) is 10.0. The number of carbonyl (C=O) groups excluding carboxylic acids is 2. The zero-order chi connectivity index (χ0) is 19.4. The van der Waals surface area contributed by atoms with Gasteiger partial charge in [-0.2, -0.15) is 0 Å². The van der Waals surface area contributed by atoms with E-state index in [1.54, 1.807) is 12.1 Å². The van der Waals surface area contributed by atoms with Crippen LogP contribution in [0.2, 0.25) is 0 Å². The maximum absolute atomic E-state index is 13.1. The molecule has 0 unspecified atom stereocenters. The van der Waals surface area contributed by atoms with Gasteiger partial charge in [0.05, 0.1) is 0 Å². The standard InChI is InChI=1S/C21H30FN3O2/c1-16(2)15-20(26)24-9-7-17(8-10-24)21(27)25-13-11-23(12-14-25)19-5-3-18(22)4-6-19/h3-6,16-17H,7-15H2,1-2H3. The normalized spacial score (nSPS) is 18.9. The van der Waals surface area contributed by atoms with Gasteiger partial charge in [-0.25, -0.2) is 4.39 Å². The fraction of sp³-hybridized carbons (Fsp3) is 0.619. The lowest BCUT2D eigenvalue weighted by Gasteiger charge is -2.39. The van der Waals surface area contributed by atoms with Crippen molar-refractivity contribution in [2.75, 3.05) is 44.2 Å². The van der Waals surface area contributed by atoms with E-state index in [1.807, 2.05) is 9.80 Å². The van der Waals surface area contributed by atoms with Gasteiger partial charge in [-0.3, -0.25) is 9.59 Å². The maximum atomic E-state index is 13.1. The Morgan fingerprint density at radius 1 is 0.963 bits per heavy atom. The van der Waals surface area contributed by atoms with Crippen LogP contribution in [0, 0.1) is 17.7 Å². The van der Waals surface area contributed by atoms with Gasteiger partial charge in [-0.1, -0.05) is 13.8 Å². The number of piperazine rings is 1. The van der Waals surface area contributed by atoms with Crippen LogP contribution in [0.1, 0.15) is 33.1 Å². The molecule has 2 amide bonds. The van der Waals surface area contributed by atoms with E-state index in [9.17, 15) is 14.0 Å². The fourth-order valence-corrected chi connectivity index (χ4v) is 3.95. The zero-order valence-corrected chi connectivity index (χ0v) is 16.4. The first-order chi connectivity index (χ1) is 12.9. The number of hydrogen-bond donors (Lipinski definition) is 0. The number of halogens is 1. The summed E-state index contributed by atoms with van der Waals surface area (Å²) in [5, 5.41) is 0. The lowest BCUT2D eigenvalue weighted by Crippen LogP contribution is -2.52. The number of anilines is 1. The minimum atomic E-state index is -0.231. The monoisotopic (exact) mass is 375 g/mol. The molecule has 1 aromatic rings. The van der Waals surface area contributed by atoms with Crippen molar-refractivity contribution in [3.8, 4) is 0 Å². The van der Waals surface area contributed by atoms with E-state index in [-0.39, 0.29) is 23.5 Å². The molecule has 3 rings (SSSR count). The van der Waals surface area contributed by atoms with Gasteiger partial charge in [0.2, 0.25) is 11.8 Å². The summed E-state index contributed by atoms with van der Waals surface area (Å²) in [7, 11) is 0. The van der Waals surface area contributed by atoms with Crippen LogP contribution in [0.4, 0.5) is 10.1 Å². The van der Waals surface area contributed by atoms with Crippen molar-refractivity contribution in [2.45, 2.75) is 33.1 Å². The van der Waals surface area contributed by atoms with Gasteiger partial charge >= 0.3 is 0 Å². The topological polar surface area (TPSA) is 43.9 Å². The smallest absolute Gasteiger partial charge is 0.225 e. The van der Waals surface area contributed by atoms with E-state index in [0.29, 0.717) is 38.5 Å². The first-order valence-corrected chi connectivity index (χ1v) is 10.0. The highest BCUT2D eigenvalue weighted by Gasteiger charge is 2.31. The van der Waals surface area contributed by atoms with Crippen LogP contribution in [0.25, 0.3) is 0 Å². The summed E-state index contributed by atoms with van der Waals surface area (Å²) in [6, 6.07) is 6.52. The highest BCUT2D eigenvalue weighted by Crippen LogP contribution is 2.23. The van der Waals surface area contributed by atoms with Crippen LogP contribution in [0.5, 0.6) is 0 Å². The Morgan fingerprint density at radius 3 is 2.11 bits per heavy atom. The summed E-state index contributed by atoms with van der Waals surface area (Å²) in [5.41, 5.74) is 1.00. The Balaban J connectivity index is 1.46. The molecule has 0 spiro atoms. The van der Waals surface area contributed by atoms with Gasteiger partial charge < -0.3 is 14.7 Å². The number of rotatable bonds is 4. The molecule has 27 heavy (non-hydrogen) atoms. The van der Waals surface area contributed by atoms with Crippen LogP contribution in [0.15, 0.2) is 24.3 Å². The second kappa shape index (κ2) is 8.72. The van der Waals surface area contributed by atoms with Gasteiger partial charge in [0.15, 0.2) is 0 Å². The third-order valence-electron chi connectivity index (χ3n) is 5.56. The number of likely N-dealkylation sites (tertiary alicyclic amines) is 1. The third kappa shape index (κ3) is 4.99. The maximum Gasteiger partial charge on any atom is 0.225 e. The number of piperidine rings is 1. The number of nitrogens with zero attached hydrogens (tertiary/aromatic N) is 3. The average molecular weight is 375 g/mol. The summed E-state index contributed by atoms with van der Waals surface area (Å²) in [6.07, 6.45) is 2.12.